The Morgan fingerprint density at radius 1 is 1.32 bits per heavy atom. The van der Waals surface area contributed by atoms with Crippen LogP contribution < -0.4 is 0 Å². The second-order valence-corrected chi connectivity index (χ2v) is 4.20. The molecule has 0 spiro atoms. The molecule has 0 aromatic rings. The maximum atomic E-state index is 11.0. The zero-order valence-corrected chi connectivity index (χ0v) is 11.7. The van der Waals surface area contributed by atoms with Crippen LogP contribution in [0, 0.1) is 0 Å². The van der Waals surface area contributed by atoms with Crippen molar-refractivity contribution in [3.05, 3.63) is 11.8 Å². The summed E-state index contributed by atoms with van der Waals surface area (Å²) in [6, 6.07) is 0. The molecule has 1 rings (SSSR count). The number of ether oxygens (including phenoxy) is 2. The van der Waals surface area contributed by atoms with E-state index in [1.807, 2.05) is 0 Å². The summed E-state index contributed by atoms with van der Waals surface area (Å²) in [4.78, 5) is 11.0. The van der Waals surface area contributed by atoms with Gasteiger partial charge in [0.1, 0.15) is 24.1 Å². The lowest BCUT2D eigenvalue weighted by molar-refractivity contribution is -0.273. The summed E-state index contributed by atoms with van der Waals surface area (Å²) in [5, 5.41) is 19.6. The van der Waals surface area contributed by atoms with E-state index in [0.29, 0.717) is 0 Å². The summed E-state index contributed by atoms with van der Waals surface area (Å²) in [5.74, 6) is -0.927. The van der Waals surface area contributed by atoms with Gasteiger partial charge in [0.2, 0.25) is 6.29 Å². The average Bonchev–Trinajstić information content (AvgIpc) is 2.38. The van der Waals surface area contributed by atoms with Crippen LogP contribution in [0.2, 0.25) is 0 Å². The van der Waals surface area contributed by atoms with Crippen LogP contribution in [0.4, 0.5) is 0 Å². The van der Waals surface area contributed by atoms with Gasteiger partial charge in [0.15, 0.2) is 6.10 Å². The van der Waals surface area contributed by atoms with Gasteiger partial charge in [-0.3, -0.25) is 13.4 Å². The summed E-state index contributed by atoms with van der Waals surface area (Å²) < 4.78 is 19.2. The second kappa shape index (κ2) is 7.28. The van der Waals surface area contributed by atoms with Gasteiger partial charge < -0.3 is 19.7 Å². The fraction of sp³-hybridized carbons (Fsp3) is 0.700. The highest BCUT2D eigenvalue weighted by Crippen LogP contribution is 2.30. The molecule has 9 heteroatoms. The first-order chi connectivity index (χ1) is 8.96. The molecule has 1 unspecified atom stereocenters. The van der Waals surface area contributed by atoms with Gasteiger partial charge in [-0.25, -0.2) is 0 Å². The van der Waals surface area contributed by atoms with E-state index in [1.165, 1.54) is 13.0 Å². The second-order valence-electron chi connectivity index (χ2n) is 3.85. The van der Waals surface area contributed by atoms with Crippen LogP contribution in [0.1, 0.15) is 13.8 Å². The molecule has 1 saturated heterocycles. The predicted octanol–water partition coefficient (Wildman–Crippen LogP) is 1.18. The molecule has 110 valence electrons. The van der Waals surface area contributed by atoms with Crippen LogP contribution >= 0.6 is 23.7 Å². The third-order valence-corrected chi connectivity index (χ3v) is 3.01. The number of aliphatic hydroxyl groups is 2. The minimum absolute atomic E-state index is 0.267. The molecule has 19 heavy (non-hydrogen) atoms. The Labute approximate surface area is 119 Å². The molecule has 0 aromatic carbocycles. The minimum Gasteiger partial charge on any atom is -0.510 e. The Morgan fingerprint density at radius 2 is 1.89 bits per heavy atom. The van der Waals surface area contributed by atoms with Crippen LogP contribution in [0.3, 0.4) is 0 Å². The van der Waals surface area contributed by atoms with Crippen molar-refractivity contribution < 1.29 is 33.1 Å². The van der Waals surface area contributed by atoms with Gasteiger partial charge in [-0.15, -0.1) is 0 Å². The number of halogens is 2. The van der Waals surface area contributed by atoms with Crippen molar-refractivity contribution in [2.24, 2.45) is 0 Å². The third-order valence-electron chi connectivity index (χ3n) is 2.59. The maximum absolute atomic E-state index is 11.0. The molecule has 5 atom stereocenters. The Bertz CT molecular complexity index is 349. The summed E-state index contributed by atoms with van der Waals surface area (Å²) in [6.45, 7) is 2.69. The lowest BCUT2D eigenvalue weighted by atomic mass is 9.97. The highest BCUT2D eigenvalue weighted by molar-refractivity contribution is 6.08. The number of hydrogen-bond donors (Lipinski definition) is 2. The molecular weight excluding hydrogens is 303 g/mol. The fourth-order valence-corrected chi connectivity index (χ4v) is 2.08. The van der Waals surface area contributed by atoms with Gasteiger partial charge in [-0.2, -0.15) is 0 Å². The SMILES string of the molecule is CC=C(O)[C@H]1OC(OC(C)=O)[C@H](OCl)[C@@H](OCl)[C@@H]1O. The quantitative estimate of drug-likeness (QED) is 0.594. The number of aliphatic hydroxyl groups excluding tert-OH is 2. The molecule has 0 aliphatic carbocycles. The van der Waals surface area contributed by atoms with Crippen molar-refractivity contribution in [1.29, 1.82) is 0 Å². The molecule has 1 fully saturated rings. The lowest BCUT2D eigenvalue weighted by Crippen LogP contribution is -2.59. The zero-order valence-electron chi connectivity index (χ0n) is 10.2. The van der Waals surface area contributed by atoms with Crippen molar-refractivity contribution in [2.45, 2.75) is 44.6 Å². The number of allylic oxidation sites excluding steroid dienone is 1. The molecule has 0 saturated carbocycles. The van der Waals surface area contributed by atoms with Crippen molar-refractivity contribution in [2.75, 3.05) is 0 Å². The van der Waals surface area contributed by atoms with Gasteiger partial charge >= 0.3 is 5.97 Å². The minimum atomic E-state index is -1.36. The molecule has 0 radical (unpaired) electrons. The zero-order chi connectivity index (χ0) is 14.6. The van der Waals surface area contributed by atoms with Crippen molar-refractivity contribution in [3.63, 3.8) is 0 Å². The van der Waals surface area contributed by atoms with E-state index in [-0.39, 0.29) is 5.76 Å². The highest BCUT2D eigenvalue weighted by atomic mass is 35.5. The normalized spacial score (nSPS) is 36.1. The Morgan fingerprint density at radius 3 is 2.32 bits per heavy atom. The van der Waals surface area contributed by atoms with Crippen LogP contribution in [0.25, 0.3) is 0 Å². The molecule has 2 N–H and O–H groups in total. The monoisotopic (exact) mass is 316 g/mol. The fourth-order valence-electron chi connectivity index (χ4n) is 1.69. The van der Waals surface area contributed by atoms with Gasteiger partial charge in [-0.1, -0.05) is 0 Å². The van der Waals surface area contributed by atoms with Crippen LogP contribution in [0.5, 0.6) is 0 Å². The van der Waals surface area contributed by atoms with E-state index in [1.54, 1.807) is 0 Å². The topological polar surface area (TPSA) is 94.5 Å². The molecule has 1 aliphatic heterocycles. The number of rotatable bonds is 4. The summed E-state index contributed by atoms with van der Waals surface area (Å²) >= 11 is 10.5. The summed E-state index contributed by atoms with van der Waals surface area (Å²) in [6.07, 6.45) is -4.82. The van der Waals surface area contributed by atoms with Gasteiger partial charge in [0, 0.05) is 6.92 Å². The number of carbonyl (C=O) groups is 1. The van der Waals surface area contributed by atoms with E-state index in [2.05, 4.69) is 8.58 Å². The van der Waals surface area contributed by atoms with Crippen LogP contribution in [0.15, 0.2) is 11.8 Å². The standard InChI is InChI=1S/C10H14Cl2O7/c1-3-5(14)7-6(15)8(18-11)9(19-12)10(17-7)16-4(2)13/h3,6-10,14-15H,1-2H3/t6-,7-,8+,9-,10?/m1/s1. The number of esters is 1. The lowest BCUT2D eigenvalue weighted by Gasteiger charge is -2.40. The molecule has 1 heterocycles. The summed E-state index contributed by atoms with van der Waals surface area (Å²) in [5.41, 5.74) is 0. The molecular formula is C10H14Cl2O7. The molecule has 0 amide bonds. The Balaban J connectivity index is 3.00. The number of carbonyl (C=O) groups excluding carboxylic acids is 1. The van der Waals surface area contributed by atoms with Crippen molar-refractivity contribution in [3.8, 4) is 0 Å². The maximum Gasteiger partial charge on any atom is 0.305 e. The number of hydrogen-bond acceptors (Lipinski definition) is 7. The first-order valence-corrected chi connectivity index (χ1v) is 5.98. The molecule has 0 bridgehead atoms. The molecule has 0 aromatic heterocycles. The highest BCUT2D eigenvalue weighted by Gasteiger charge is 2.50. The van der Waals surface area contributed by atoms with E-state index in [9.17, 15) is 15.0 Å². The Hall–Kier alpha value is -0.570. The van der Waals surface area contributed by atoms with E-state index >= 15 is 0 Å². The van der Waals surface area contributed by atoms with Gasteiger partial charge in [0.25, 0.3) is 0 Å². The van der Waals surface area contributed by atoms with Crippen LogP contribution in [-0.4, -0.2) is 46.9 Å². The predicted molar refractivity (Wildman–Crippen MR) is 64.3 cm³/mol. The van der Waals surface area contributed by atoms with E-state index < -0.39 is 36.7 Å². The van der Waals surface area contributed by atoms with Gasteiger partial charge in [-0.05, 0) is 13.0 Å². The molecule has 1 aliphatic rings. The first-order valence-electron chi connectivity index (χ1n) is 5.37. The smallest absolute Gasteiger partial charge is 0.305 e. The summed E-state index contributed by atoms with van der Waals surface area (Å²) in [7, 11) is 0. The van der Waals surface area contributed by atoms with E-state index in [4.69, 9.17) is 33.2 Å². The third kappa shape index (κ3) is 3.71. The van der Waals surface area contributed by atoms with Crippen molar-refractivity contribution >= 4 is 29.7 Å². The van der Waals surface area contributed by atoms with Gasteiger partial charge in [0.05, 0.1) is 23.7 Å². The average molecular weight is 317 g/mol. The van der Waals surface area contributed by atoms with E-state index in [0.717, 1.165) is 6.92 Å². The molecule has 7 nitrogen and oxygen atoms in total. The first kappa shape index (κ1) is 16.5. The largest absolute Gasteiger partial charge is 0.510 e. The van der Waals surface area contributed by atoms with Crippen molar-refractivity contribution in [1.82, 2.24) is 0 Å². The Kier molecular flexibility index (Phi) is 6.31. The van der Waals surface area contributed by atoms with Crippen LogP contribution in [-0.2, 0) is 22.8 Å².